The molecule has 1 fully saturated rings. The number of hydrogen-bond acceptors (Lipinski definition) is 4. The van der Waals surface area contributed by atoms with Crippen LogP contribution in [0.4, 0.5) is 4.79 Å². The molecule has 1 aromatic carbocycles. The van der Waals surface area contributed by atoms with E-state index in [4.69, 9.17) is 9.47 Å². The molecule has 2 rings (SSSR count). The maximum absolute atomic E-state index is 11.9. The highest BCUT2D eigenvalue weighted by atomic mass is 16.6. The first-order chi connectivity index (χ1) is 9.17. The summed E-state index contributed by atoms with van der Waals surface area (Å²) < 4.78 is 9.99. The van der Waals surface area contributed by atoms with Crippen LogP contribution in [0.3, 0.4) is 0 Å². The molecule has 1 aromatic rings. The predicted octanol–water partition coefficient (Wildman–Crippen LogP) is 1.96. The summed E-state index contributed by atoms with van der Waals surface area (Å²) in [5.74, 6) is -0.436. The summed E-state index contributed by atoms with van der Waals surface area (Å²) in [5.41, 5.74) is 0.949. The Hall–Kier alpha value is -2.04. The zero-order valence-corrected chi connectivity index (χ0v) is 11.0. The predicted molar refractivity (Wildman–Crippen MR) is 68.3 cm³/mol. The Labute approximate surface area is 112 Å². The summed E-state index contributed by atoms with van der Waals surface area (Å²) in [6.45, 7) is 2.22. The first-order valence-electron chi connectivity index (χ1n) is 6.26. The lowest BCUT2D eigenvalue weighted by atomic mass is 10.1. The third-order valence-corrected chi connectivity index (χ3v) is 3.22. The van der Waals surface area contributed by atoms with Crippen molar-refractivity contribution in [3.05, 3.63) is 35.9 Å². The summed E-state index contributed by atoms with van der Waals surface area (Å²) >= 11 is 0. The molecule has 5 heteroatoms. The van der Waals surface area contributed by atoms with E-state index in [1.54, 1.807) is 0 Å². The lowest BCUT2D eigenvalue weighted by Gasteiger charge is -2.21. The van der Waals surface area contributed by atoms with Gasteiger partial charge in [-0.15, -0.1) is 0 Å². The summed E-state index contributed by atoms with van der Waals surface area (Å²) in [4.78, 5) is 25.1. The highest BCUT2D eigenvalue weighted by Crippen LogP contribution is 2.25. The van der Waals surface area contributed by atoms with E-state index in [1.165, 1.54) is 12.0 Å². The van der Waals surface area contributed by atoms with Crippen molar-refractivity contribution in [1.82, 2.24) is 4.90 Å². The van der Waals surface area contributed by atoms with Crippen molar-refractivity contribution in [2.75, 3.05) is 7.11 Å². The van der Waals surface area contributed by atoms with Crippen LogP contribution >= 0.6 is 0 Å². The van der Waals surface area contributed by atoms with Gasteiger partial charge in [0.25, 0.3) is 0 Å². The number of rotatable bonds is 4. The van der Waals surface area contributed by atoms with E-state index in [9.17, 15) is 9.59 Å². The molecule has 1 aliphatic heterocycles. The molecule has 0 saturated carbocycles. The minimum absolute atomic E-state index is 0.343. The zero-order chi connectivity index (χ0) is 13.8. The van der Waals surface area contributed by atoms with Crippen molar-refractivity contribution < 1.29 is 19.1 Å². The molecule has 0 unspecified atom stereocenters. The lowest BCUT2D eigenvalue weighted by Crippen LogP contribution is -2.43. The van der Waals surface area contributed by atoms with E-state index in [1.807, 2.05) is 37.3 Å². The molecule has 1 heterocycles. The maximum atomic E-state index is 11.9. The number of carbonyl (C=O) groups excluding carboxylic acids is 2. The number of amides is 1. The first kappa shape index (κ1) is 13.4. The van der Waals surface area contributed by atoms with Gasteiger partial charge in [0, 0.05) is 0 Å². The molecule has 2 atom stereocenters. The van der Waals surface area contributed by atoms with E-state index in [0.29, 0.717) is 13.0 Å². The topological polar surface area (TPSA) is 55.8 Å². The van der Waals surface area contributed by atoms with Crippen LogP contribution in [0.15, 0.2) is 30.3 Å². The van der Waals surface area contributed by atoms with Gasteiger partial charge in [-0.2, -0.15) is 0 Å². The molecule has 1 aliphatic rings. The van der Waals surface area contributed by atoms with Crippen molar-refractivity contribution in [3.8, 4) is 0 Å². The van der Waals surface area contributed by atoms with Crippen LogP contribution in [-0.2, 0) is 20.8 Å². The molecule has 1 saturated heterocycles. The van der Waals surface area contributed by atoms with E-state index in [-0.39, 0.29) is 0 Å². The number of hydrogen-bond donors (Lipinski definition) is 0. The Morgan fingerprint density at radius 1 is 1.37 bits per heavy atom. The van der Waals surface area contributed by atoms with Gasteiger partial charge in [-0.25, -0.2) is 9.59 Å². The number of methoxy groups -OCH3 is 1. The minimum Gasteiger partial charge on any atom is -0.467 e. The second-order valence-corrected chi connectivity index (χ2v) is 4.41. The lowest BCUT2D eigenvalue weighted by molar-refractivity contribution is -0.146. The fourth-order valence-corrected chi connectivity index (χ4v) is 2.23. The van der Waals surface area contributed by atoms with E-state index >= 15 is 0 Å². The average Bonchev–Trinajstić information content (AvgIpc) is 2.76. The van der Waals surface area contributed by atoms with Crippen LogP contribution in [0.5, 0.6) is 0 Å². The largest absolute Gasteiger partial charge is 0.467 e. The second-order valence-electron chi connectivity index (χ2n) is 4.41. The number of ether oxygens (including phenoxy) is 2. The van der Waals surface area contributed by atoms with Gasteiger partial charge in [-0.3, -0.25) is 4.90 Å². The van der Waals surface area contributed by atoms with Gasteiger partial charge in [-0.05, 0) is 12.0 Å². The molecule has 19 heavy (non-hydrogen) atoms. The zero-order valence-electron chi connectivity index (χ0n) is 11.0. The molecule has 102 valence electrons. The first-order valence-corrected chi connectivity index (χ1v) is 6.26. The Bertz CT molecular complexity index is 460. The fraction of sp³-hybridized carbons (Fsp3) is 0.429. The second kappa shape index (κ2) is 5.73. The summed E-state index contributed by atoms with van der Waals surface area (Å²) in [6.07, 6.45) is -0.327. The van der Waals surface area contributed by atoms with Gasteiger partial charge in [0.1, 0.15) is 6.10 Å². The Kier molecular flexibility index (Phi) is 4.04. The van der Waals surface area contributed by atoms with Crippen LogP contribution in [0, 0.1) is 0 Å². The van der Waals surface area contributed by atoms with Crippen LogP contribution in [-0.4, -0.2) is 36.2 Å². The highest BCUT2D eigenvalue weighted by molar-refractivity contribution is 5.85. The molecule has 0 radical (unpaired) electrons. The quantitative estimate of drug-likeness (QED) is 0.779. The van der Waals surface area contributed by atoms with Gasteiger partial charge in [0.2, 0.25) is 0 Å². The van der Waals surface area contributed by atoms with Gasteiger partial charge in [0.05, 0.1) is 13.7 Å². The van der Waals surface area contributed by atoms with E-state index < -0.39 is 24.2 Å². The molecule has 5 nitrogen and oxygen atoms in total. The Balaban J connectivity index is 2.20. The summed E-state index contributed by atoms with van der Waals surface area (Å²) in [7, 11) is 1.32. The normalized spacial score (nSPS) is 22.2. The summed E-state index contributed by atoms with van der Waals surface area (Å²) in [6, 6.07) is 8.82. The monoisotopic (exact) mass is 263 g/mol. The van der Waals surface area contributed by atoms with Crippen LogP contribution < -0.4 is 0 Å². The number of carbonyl (C=O) groups is 2. The molecule has 0 spiro atoms. The van der Waals surface area contributed by atoms with Crippen LogP contribution in [0.25, 0.3) is 0 Å². The Morgan fingerprint density at radius 2 is 2.05 bits per heavy atom. The molecule has 0 bridgehead atoms. The summed E-state index contributed by atoms with van der Waals surface area (Å²) in [5, 5.41) is 0. The molecular formula is C14H17NO4. The standard InChI is InChI=1S/C14H17NO4/c1-3-11-12(13(16)18-2)15(14(17)19-11)9-10-7-5-4-6-8-10/h4-8,11-12H,3,9H2,1-2H3/t11-,12+/m1/s1. The van der Waals surface area contributed by atoms with Gasteiger partial charge in [0.15, 0.2) is 6.04 Å². The Morgan fingerprint density at radius 3 is 2.63 bits per heavy atom. The fourth-order valence-electron chi connectivity index (χ4n) is 2.23. The van der Waals surface area contributed by atoms with E-state index in [0.717, 1.165) is 5.56 Å². The van der Waals surface area contributed by atoms with Crippen molar-refractivity contribution in [3.63, 3.8) is 0 Å². The van der Waals surface area contributed by atoms with Crippen molar-refractivity contribution >= 4 is 12.1 Å². The third-order valence-electron chi connectivity index (χ3n) is 3.22. The average molecular weight is 263 g/mol. The number of esters is 1. The van der Waals surface area contributed by atoms with Crippen molar-refractivity contribution in [2.45, 2.75) is 32.0 Å². The third kappa shape index (κ3) is 2.70. The SMILES string of the molecule is CC[C@H]1OC(=O)N(Cc2ccccc2)[C@@H]1C(=O)OC. The minimum atomic E-state index is -0.664. The molecule has 0 aromatic heterocycles. The highest BCUT2D eigenvalue weighted by Gasteiger charge is 2.45. The molecule has 1 amide bonds. The molecule has 0 N–H and O–H groups in total. The number of nitrogens with zero attached hydrogens (tertiary/aromatic N) is 1. The molecular weight excluding hydrogens is 246 g/mol. The van der Waals surface area contributed by atoms with Gasteiger partial charge in [-0.1, -0.05) is 37.3 Å². The van der Waals surface area contributed by atoms with Crippen LogP contribution in [0.2, 0.25) is 0 Å². The van der Waals surface area contributed by atoms with Crippen molar-refractivity contribution in [1.29, 1.82) is 0 Å². The maximum Gasteiger partial charge on any atom is 0.411 e. The smallest absolute Gasteiger partial charge is 0.411 e. The van der Waals surface area contributed by atoms with Crippen LogP contribution in [0.1, 0.15) is 18.9 Å². The number of cyclic esters (lactones) is 1. The van der Waals surface area contributed by atoms with Gasteiger partial charge < -0.3 is 9.47 Å². The van der Waals surface area contributed by atoms with E-state index in [2.05, 4.69) is 0 Å². The van der Waals surface area contributed by atoms with Crippen molar-refractivity contribution in [2.24, 2.45) is 0 Å². The molecule has 0 aliphatic carbocycles. The number of benzene rings is 1. The van der Waals surface area contributed by atoms with Gasteiger partial charge >= 0.3 is 12.1 Å².